The van der Waals surface area contributed by atoms with Crippen LogP contribution in [-0.2, 0) is 56.5 Å². The van der Waals surface area contributed by atoms with Crippen LogP contribution in [0.4, 0.5) is 0 Å². The summed E-state index contributed by atoms with van der Waals surface area (Å²) in [6.07, 6.45) is -1.82. The van der Waals surface area contributed by atoms with E-state index in [-0.39, 0.29) is 5.78 Å². The molecule has 0 saturated carbocycles. The van der Waals surface area contributed by atoms with E-state index in [1.54, 1.807) is 6.92 Å². The lowest BCUT2D eigenvalue weighted by Crippen LogP contribution is -2.58. The average Bonchev–Trinajstić information content (AvgIpc) is 3.23. The zero-order valence-corrected chi connectivity index (χ0v) is 31.2. The van der Waals surface area contributed by atoms with Crippen LogP contribution in [0.15, 0.2) is 170 Å². The molecule has 1 aliphatic heterocycles. The Morgan fingerprint density at radius 2 is 0.964 bits per heavy atom. The van der Waals surface area contributed by atoms with Gasteiger partial charge in [-0.3, -0.25) is 4.79 Å². The molecular formula is C49H48O6. The van der Waals surface area contributed by atoms with Crippen molar-refractivity contribution in [1.82, 2.24) is 0 Å². The summed E-state index contributed by atoms with van der Waals surface area (Å²) in [7, 11) is 0. The van der Waals surface area contributed by atoms with Gasteiger partial charge < -0.3 is 23.7 Å². The number of rotatable bonds is 17. The Morgan fingerprint density at radius 1 is 0.491 bits per heavy atom. The number of hydrogen-bond acceptors (Lipinski definition) is 6. The Labute approximate surface area is 324 Å². The van der Waals surface area contributed by atoms with Crippen molar-refractivity contribution in [2.75, 3.05) is 6.61 Å². The van der Waals surface area contributed by atoms with Crippen molar-refractivity contribution >= 4 is 5.78 Å². The third-order valence-corrected chi connectivity index (χ3v) is 9.93. The van der Waals surface area contributed by atoms with Gasteiger partial charge in [-0.05, 0) is 52.3 Å². The molecule has 6 nitrogen and oxygen atoms in total. The number of carbonyl (C=O) groups excluding carboxylic acids is 1. The molecule has 55 heavy (non-hydrogen) atoms. The standard InChI is InChI=1S/C49H48O6/c1-36(50)43-27-25-37(26-28-43)29-42-23-14-24-44(30-42)46-48(53-33-40-19-10-4-11-20-40)49(54-34-41-21-12-5-13-22-41)47(52-32-39-17-8-3-9-18-39)45(55-46)35-51-31-38-15-6-2-7-16-38/h2-28,30,45-49H,29,31-35H2,1H3/t45-,46+,47-,48+,49+/m1/s1. The van der Waals surface area contributed by atoms with Gasteiger partial charge in [0.1, 0.15) is 30.5 Å². The van der Waals surface area contributed by atoms with Gasteiger partial charge in [-0.2, -0.15) is 0 Å². The van der Waals surface area contributed by atoms with E-state index in [1.165, 1.54) is 0 Å². The predicted molar refractivity (Wildman–Crippen MR) is 214 cm³/mol. The van der Waals surface area contributed by atoms with Crippen LogP contribution in [-0.4, -0.2) is 36.8 Å². The summed E-state index contributed by atoms with van der Waals surface area (Å²) in [4.78, 5) is 11.9. The summed E-state index contributed by atoms with van der Waals surface area (Å²) in [6.45, 7) is 3.46. The summed E-state index contributed by atoms with van der Waals surface area (Å²) in [5, 5.41) is 0. The largest absolute Gasteiger partial charge is 0.374 e. The molecule has 5 atom stereocenters. The third kappa shape index (κ3) is 10.7. The number of carbonyl (C=O) groups is 1. The van der Waals surface area contributed by atoms with Crippen LogP contribution in [0.2, 0.25) is 0 Å². The van der Waals surface area contributed by atoms with Gasteiger partial charge in [0.2, 0.25) is 0 Å². The zero-order chi connectivity index (χ0) is 37.7. The van der Waals surface area contributed by atoms with Crippen LogP contribution in [0, 0.1) is 0 Å². The number of Topliss-reactive ketones (excluding diaryl/α,β-unsaturated/α-hetero) is 1. The van der Waals surface area contributed by atoms with E-state index >= 15 is 0 Å². The smallest absolute Gasteiger partial charge is 0.159 e. The SMILES string of the molecule is CC(=O)c1ccc(Cc2cccc([C@@H]3O[C@H](COCc4ccccc4)[C@@H](OCc4ccccc4)[C@H](OCc4ccccc4)[C@H]3OCc3ccccc3)c2)cc1. The molecule has 1 aliphatic rings. The predicted octanol–water partition coefficient (Wildman–Crippen LogP) is 9.89. The maximum Gasteiger partial charge on any atom is 0.159 e. The normalized spacial score (nSPS) is 19.5. The molecule has 0 radical (unpaired) electrons. The topological polar surface area (TPSA) is 63.2 Å². The van der Waals surface area contributed by atoms with E-state index in [4.69, 9.17) is 23.7 Å². The maximum absolute atomic E-state index is 11.9. The summed E-state index contributed by atoms with van der Waals surface area (Å²) in [6, 6.07) is 57.1. The molecule has 0 spiro atoms. The molecule has 0 amide bonds. The summed E-state index contributed by atoms with van der Waals surface area (Å²) < 4.78 is 34.3. The first-order valence-corrected chi connectivity index (χ1v) is 19.0. The molecule has 6 heteroatoms. The van der Waals surface area contributed by atoms with Crippen molar-refractivity contribution in [3.63, 3.8) is 0 Å². The Bertz CT molecular complexity index is 2040. The third-order valence-electron chi connectivity index (χ3n) is 9.93. The molecule has 280 valence electrons. The minimum Gasteiger partial charge on any atom is -0.374 e. The molecular weight excluding hydrogens is 685 g/mol. The van der Waals surface area contributed by atoms with Crippen molar-refractivity contribution < 1.29 is 28.5 Å². The number of hydrogen-bond donors (Lipinski definition) is 0. The van der Waals surface area contributed by atoms with Gasteiger partial charge in [0, 0.05) is 5.56 Å². The Kier molecular flexibility index (Phi) is 13.4. The summed E-state index contributed by atoms with van der Waals surface area (Å²) in [5.41, 5.74) is 8.19. The minimum absolute atomic E-state index is 0.0573. The first-order valence-electron chi connectivity index (χ1n) is 19.0. The monoisotopic (exact) mass is 732 g/mol. The van der Waals surface area contributed by atoms with Crippen LogP contribution < -0.4 is 0 Å². The molecule has 7 rings (SSSR count). The second-order valence-corrected chi connectivity index (χ2v) is 14.1. The van der Waals surface area contributed by atoms with E-state index in [0.717, 1.165) is 38.9 Å². The molecule has 0 N–H and O–H groups in total. The van der Waals surface area contributed by atoms with Crippen molar-refractivity contribution in [1.29, 1.82) is 0 Å². The second kappa shape index (κ2) is 19.4. The number of benzene rings is 6. The Hall–Kier alpha value is -5.21. The highest BCUT2D eigenvalue weighted by Crippen LogP contribution is 2.39. The summed E-state index contributed by atoms with van der Waals surface area (Å²) in [5.74, 6) is 0.0573. The number of ether oxygens (including phenoxy) is 5. The minimum atomic E-state index is -0.528. The summed E-state index contributed by atoms with van der Waals surface area (Å²) >= 11 is 0. The van der Waals surface area contributed by atoms with Gasteiger partial charge in [0.05, 0.1) is 33.0 Å². The van der Waals surface area contributed by atoms with Crippen LogP contribution in [0.1, 0.15) is 62.3 Å². The number of ketones is 1. The van der Waals surface area contributed by atoms with Gasteiger partial charge in [-0.25, -0.2) is 0 Å². The van der Waals surface area contributed by atoms with E-state index in [9.17, 15) is 4.79 Å². The van der Waals surface area contributed by atoms with Crippen LogP contribution in [0.5, 0.6) is 0 Å². The van der Waals surface area contributed by atoms with E-state index in [0.29, 0.717) is 45.0 Å². The molecule has 0 bridgehead atoms. The fraction of sp³-hybridized carbons (Fsp3) is 0.245. The van der Waals surface area contributed by atoms with E-state index in [2.05, 4.69) is 72.8 Å². The highest BCUT2D eigenvalue weighted by atomic mass is 16.6. The molecule has 1 saturated heterocycles. The quantitative estimate of drug-likeness (QED) is 0.0871. The lowest BCUT2D eigenvalue weighted by Gasteiger charge is -2.46. The average molecular weight is 733 g/mol. The van der Waals surface area contributed by atoms with Crippen LogP contribution >= 0.6 is 0 Å². The lowest BCUT2D eigenvalue weighted by atomic mass is 9.89. The van der Waals surface area contributed by atoms with E-state index in [1.807, 2.05) is 97.1 Å². The first kappa shape index (κ1) is 38.1. The van der Waals surface area contributed by atoms with Gasteiger partial charge in [-0.15, -0.1) is 0 Å². The molecule has 0 aliphatic carbocycles. The van der Waals surface area contributed by atoms with E-state index < -0.39 is 30.5 Å². The van der Waals surface area contributed by atoms with Gasteiger partial charge in [-0.1, -0.05) is 170 Å². The van der Waals surface area contributed by atoms with Crippen molar-refractivity contribution in [3.05, 3.63) is 214 Å². The second-order valence-electron chi connectivity index (χ2n) is 14.1. The van der Waals surface area contributed by atoms with Gasteiger partial charge in [0.15, 0.2) is 5.78 Å². The lowest BCUT2D eigenvalue weighted by molar-refractivity contribution is -0.275. The van der Waals surface area contributed by atoms with Crippen LogP contribution in [0.3, 0.4) is 0 Å². The maximum atomic E-state index is 11.9. The van der Waals surface area contributed by atoms with Gasteiger partial charge >= 0.3 is 0 Å². The molecule has 0 unspecified atom stereocenters. The Morgan fingerprint density at radius 3 is 1.49 bits per heavy atom. The molecule has 1 heterocycles. The fourth-order valence-corrected chi connectivity index (χ4v) is 7.03. The molecule has 6 aromatic rings. The van der Waals surface area contributed by atoms with Crippen molar-refractivity contribution in [2.45, 2.75) is 70.3 Å². The van der Waals surface area contributed by atoms with Gasteiger partial charge in [0.25, 0.3) is 0 Å². The molecule has 6 aromatic carbocycles. The zero-order valence-electron chi connectivity index (χ0n) is 31.2. The highest BCUT2D eigenvalue weighted by Gasteiger charge is 2.49. The Balaban J connectivity index is 1.24. The molecule has 0 aromatic heterocycles. The fourth-order valence-electron chi connectivity index (χ4n) is 7.03. The van der Waals surface area contributed by atoms with Crippen LogP contribution in [0.25, 0.3) is 0 Å². The highest BCUT2D eigenvalue weighted by molar-refractivity contribution is 5.94. The van der Waals surface area contributed by atoms with Crippen molar-refractivity contribution in [2.24, 2.45) is 0 Å². The van der Waals surface area contributed by atoms with Crippen molar-refractivity contribution in [3.8, 4) is 0 Å². The first-order chi connectivity index (χ1) is 27.1. The molecule has 1 fully saturated rings.